The molecule has 0 saturated carbocycles. The molecule has 0 aromatic heterocycles. The van der Waals surface area contributed by atoms with E-state index >= 15 is 0 Å². The van der Waals surface area contributed by atoms with Gasteiger partial charge in [-0.3, -0.25) is 4.18 Å². The molecule has 0 aromatic rings. The van der Waals surface area contributed by atoms with Gasteiger partial charge in [-0.2, -0.15) is 8.42 Å². The molecule has 0 spiro atoms. The normalized spacial score (nSPS) is 12.2. The SMILES string of the molecule is CC(C)(C)OC(=O)NCCCCCCCCCOS(C)(=O)=O. The lowest BCUT2D eigenvalue weighted by atomic mass is 10.1. The summed E-state index contributed by atoms with van der Waals surface area (Å²) in [6.07, 6.45) is 7.77. The van der Waals surface area contributed by atoms with Crippen LogP contribution in [-0.2, 0) is 19.0 Å². The maximum absolute atomic E-state index is 11.4. The highest BCUT2D eigenvalue weighted by molar-refractivity contribution is 7.85. The molecule has 0 bridgehead atoms. The molecule has 0 fully saturated rings. The Morgan fingerprint density at radius 3 is 1.95 bits per heavy atom. The third kappa shape index (κ3) is 17.2. The number of amides is 1. The van der Waals surface area contributed by atoms with E-state index in [1.54, 1.807) is 0 Å². The van der Waals surface area contributed by atoms with Gasteiger partial charge >= 0.3 is 6.09 Å². The maximum atomic E-state index is 11.4. The number of nitrogens with one attached hydrogen (secondary N) is 1. The Balaban J connectivity index is 3.29. The summed E-state index contributed by atoms with van der Waals surface area (Å²) in [5.74, 6) is 0. The molecular formula is C15H31NO5S. The molecule has 132 valence electrons. The van der Waals surface area contributed by atoms with Crippen LogP contribution in [0, 0.1) is 0 Å². The van der Waals surface area contributed by atoms with Gasteiger partial charge in [-0.25, -0.2) is 4.79 Å². The topological polar surface area (TPSA) is 81.7 Å². The molecule has 0 heterocycles. The fourth-order valence-corrected chi connectivity index (χ4v) is 2.25. The van der Waals surface area contributed by atoms with E-state index in [4.69, 9.17) is 4.74 Å². The van der Waals surface area contributed by atoms with Gasteiger partial charge in [0.15, 0.2) is 0 Å². The average Bonchev–Trinajstić information content (AvgIpc) is 2.32. The molecule has 0 atom stereocenters. The van der Waals surface area contributed by atoms with Gasteiger partial charge < -0.3 is 10.1 Å². The van der Waals surface area contributed by atoms with Gasteiger partial charge in [0.05, 0.1) is 12.9 Å². The highest BCUT2D eigenvalue weighted by Crippen LogP contribution is 2.08. The van der Waals surface area contributed by atoms with Crippen molar-refractivity contribution in [3.05, 3.63) is 0 Å². The summed E-state index contributed by atoms with van der Waals surface area (Å²) >= 11 is 0. The fourth-order valence-electron chi connectivity index (χ4n) is 1.83. The van der Waals surface area contributed by atoms with E-state index in [9.17, 15) is 13.2 Å². The molecule has 1 N–H and O–H groups in total. The number of alkyl carbamates (subject to hydrolysis) is 1. The summed E-state index contributed by atoms with van der Waals surface area (Å²) in [5.41, 5.74) is -0.453. The summed E-state index contributed by atoms with van der Waals surface area (Å²) in [4.78, 5) is 11.4. The Bertz CT molecular complexity index is 401. The zero-order valence-corrected chi connectivity index (χ0v) is 15.1. The first kappa shape index (κ1) is 21.2. The van der Waals surface area contributed by atoms with Crippen molar-refractivity contribution in [1.82, 2.24) is 5.32 Å². The van der Waals surface area contributed by atoms with Crippen LogP contribution in [0.3, 0.4) is 0 Å². The van der Waals surface area contributed by atoms with Crippen LogP contribution in [0.5, 0.6) is 0 Å². The van der Waals surface area contributed by atoms with Crippen molar-refractivity contribution < 1.29 is 22.1 Å². The minimum Gasteiger partial charge on any atom is -0.444 e. The number of hydrogen-bond donors (Lipinski definition) is 1. The van der Waals surface area contributed by atoms with Crippen LogP contribution in [0.1, 0.15) is 65.7 Å². The van der Waals surface area contributed by atoms with Crippen LogP contribution in [0.25, 0.3) is 0 Å². The lowest BCUT2D eigenvalue weighted by molar-refractivity contribution is 0.0527. The lowest BCUT2D eigenvalue weighted by Gasteiger charge is -2.19. The third-order valence-corrected chi connectivity index (χ3v) is 3.38. The second-order valence-corrected chi connectivity index (χ2v) is 8.07. The van der Waals surface area contributed by atoms with Gasteiger partial charge in [-0.15, -0.1) is 0 Å². The highest BCUT2D eigenvalue weighted by Gasteiger charge is 2.15. The number of ether oxygens (including phenoxy) is 1. The average molecular weight is 337 g/mol. The quantitative estimate of drug-likeness (QED) is 0.462. The summed E-state index contributed by atoms with van der Waals surface area (Å²) in [6, 6.07) is 0. The molecular weight excluding hydrogens is 306 g/mol. The molecule has 22 heavy (non-hydrogen) atoms. The summed E-state index contributed by atoms with van der Waals surface area (Å²) in [5, 5.41) is 2.74. The van der Waals surface area contributed by atoms with Gasteiger partial charge in [0.25, 0.3) is 10.1 Å². The molecule has 0 aliphatic rings. The first-order chi connectivity index (χ1) is 10.1. The van der Waals surface area contributed by atoms with E-state index in [-0.39, 0.29) is 12.7 Å². The second kappa shape index (κ2) is 10.8. The monoisotopic (exact) mass is 337 g/mol. The van der Waals surface area contributed by atoms with Gasteiger partial charge in [-0.05, 0) is 33.6 Å². The van der Waals surface area contributed by atoms with Gasteiger partial charge in [-0.1, -0.05) is 32.1 Å². The maximum Gasteiger partial charge on any atom is 0.407 e. The van der Waals surface area contributed by atoms with Crippen LogP contribution >= 0.6 is 0 Å². The first-order valence-electron chi connectivity index (χ1n) is 7.91. The van der Waals surface area contributed by atoms with E-state index < -0.39 is 15.7 Å². The molecule has 7 heteroatoms. The van der Waals surface area contributed by atoms with Crippen molar-refractivity contribution in [2.75, 3.05) is 19.4 Å². The third-order valence-electron chi connectivity index (χ3n) is 2.79. The van der Waals surface area contributed by atoms with E-state index in [1.807, 2.05) is 20.8 Å². The van der Waals surface area contributed by atoms with Crippen LogP contribution in [0.15, 0.2) is 0 Å². The van der Waals surface area contributed by atoms with Crippen molar-refractivity contribution in [2.24, 2.45) is 0 Å². The Morgan fingerprint density at radius 1 is 0.955 bits per heavy atom. The Kier molecular flexibility index (Phi) is 10.4. The van der Waals surface area contributed by atoms with E-state index in [2.05, 4.69) is 9.50 Å². The van der Waals surface area contributed by atoms with Crippen molar-refractivity contribution in [1.29, 1.82) is 0 Å². The summed E-state index contributed by atoms with van der Waals surface area (Å²) in [7, 11) is -3.30. The smallest absolute Gasteiger partial charge is 0.407 e. The van der Waals surface area contributed by atoms with Gasteiger partial charge in [0.1, 0.15) is 5.60 Å². The summed E-state index contributed by atoms with van der Waals surface area (Å²) < 4.78 is 31.3. The van der Waals surface area contributed by atoms with Crippen molar-refractivity contribution in [3.63, 3.8) is 0 Å². The fraction of sp³-hybridized carbons (Fsp3) is 0.933. The zero-order chi connectivity index (χ0) is 17.1. The first-order valence-corrected chi connectivity index (χ1v) is 9.73. The largest absolute Gasteiger partial charge is 0.444 e. The van der Waals surface area contributed by atoms with Crippen LogP contribution in [0.4, 0.5) is 4.79 Å². The number of rotatable bonds is 11. The van der Waals surface area contributed by atoms with Crippen molar-refractivity contribution in [2.45, 2.75) is 71.3 Å². The number of unbranched alkanes of at least 4 members (excludes halogenated alkanes) is 6. The molecule has 0 aromatic carbocycles. The lowest BCUT2D eigenvalue weighted by Crippen LogP contribution is -2.32. The molecule has 0 rings (SSSR count). The van der Waals surface area contributed by atoms with Crippen LogP contribution in [0.2, 0.25) is 0 Å². The molecule has 0 unspecified atom stereocenters. The van der Waals surface area contributed by atoms with E-state index in [1.165, 1.54) is 0 Å². The van der Waals surface area contributed by atoms with Gasteiger partial charge in [0.2, 0.25) is 0 Å². The minimum absolute atomic E-state index is 0.276. The number of hydrogen-bond acceptors (Lipinski definition) is 5. The molecule has 0 saturated heterocycles. The van der Waals surface area contributed by atoms with Gasteiger partial charge in [0, 0.05) is 6.54 Å². The highest BCUT2D eigenvalue weighted by atomic mass is 32.2. The number of carbonyl (C=O) groups excluding carboxylic acids is 1. The van der Waals surface area contributed by atoms with Crippen LogP contribution < -0.4 is 5.32 Å². The molecule has 0 radical (unpaired) electrons. The Hall–Kier alpha value is -0.820. The second-order valence-electron chi connectivity index (χ2n) is 6.43. The predicted octanol–water partition coefficient (Wildman–Crippen LogP) is 3.22. The number of carbonyl (C=O) groups is 1. The predicted molar refractivity (Wildman–Crippen MR) is 87.4 cm³/mol. The summed E-state index contributed by atoms with van der Waals surface area (Å²) in [6.45, 7) is 6.43. The van der Waals surface area contributed by atoms with Crippen molar-refractivity contribution >= 4 is 16.2 Å². The molecule has 0 aliphatic heterocycles. The molecule has 1 amide bonds. The molecule has 6 nitrogen and oxygen atoms in total. The minimum atomic E-state index is -3.30. The van der Waals surface area contributed by atoms with Crippen LogP contribution in [-0.4, -0.2) is 39.5 Å². The van der Waals surface area contributed by atoms with E-state index in [0.717, 1.165) is 51.2 Å². The van der Waals surface area contributed by atoms with E-state index in [0.29, 0.717) is 6.54 Å². The Labute approximate surface area is 135 Å². The standard InChI is InChI=1S/C15H31NO5S/c1-15(2,3)21-14(17)16-12-10-8-6-5-7-9-11-13-20-22(4,18)19/h5-13H2,1-4H3,(H,16,17). The van der Waals surface area contributed by atoms with Crippen molar-refractivity contribution in [3.8, 4) is 0 Å². The Morgan fingerprint density at radius 2 is 1.45 bits per heavy atom. The molecule has 0 aliphatic carbocycles. The zero-order valence-electron chi connectivity index (χ0n) is 14.3.